The zero-order valence-electron chi connectivity index (χ0n) is 19.4. The van der Waals surface area contributed by atoms with E-state index in [2.05, 4.69) is 19.2 Å². The number of thioether (sulfide) groups is 2. The van der Waals surface area contributed by atoms with Gasteiger partial charge in [-0.05, 0) is 42.8 Å². The molecule has 0 aromatic carbocycles. The zero-order valence-corrected chi connectivity index (χ0v) is 21.9. The van der Waals surface area contributed by atoms with Gasteiger partial charge in [0.15, 0.2) is 5.13 Å². The van der Waals surface area contributed by atoms with Crippen molar-refractivity contribution in [2.75, 3.05) is 41.9 Å². The van der Waals surface area contributed by atoms with E-state index in [-0.39, 0.29) is 40.9 Å². The van der Waals surface area contributed by atoms with Crippen molar-refractivity contribution < 1.29 is 14.7 Å². The van der Waals surface area contributed by atoms with E-state index in [0.29, 0.717) is 10.9 Å². The van der Waals surface area contributed by atoms with Crippen LogP contribution in [0.3, 0.4) is 0 Å². The fourth-order valence-corrected chi connectivity index (χ4v) is 8.66. The summed E-state index contributed by atoms with van der Waals surface area (Å²) >= 11 is 4.98. The lowest BCUT2D eigenvalue weighted by molar-refractivity contribution is -0.144. The summed E-state index contributed by atoms with van der Waals surface area (Å²) in [7, 11) is 0. The molecule has 1 saturated carbocycles. The number of hydrogen-bond donors (Lipinski definition) is 2. The Morgan fingerprint density at radius 1 is 1.38 bits per heavy atom. The zero-order chi connectivity index (χ0) is 23.0. The topological polar surface area (TPSA) is 82.5 Å². The van der Waals surface area contributed by atoms with Crippen LogP contribution in [-0.4, -0.2) is 69.5 Å². The number of amides is 2. The minimum Gasteiger partial charge on any atom is -0.392 e. The van der Waals surface area contributed by atoms with E-state index in [0.717, 1.165) is 49.6 Å². The minimum absolute atomic E-state index is 0.0139. The smallest absolute Gasteiger partial charge is 0.236 e. The van der Waals surface area contributed by atoms with Gasteiger partial charge < -0.3 is 15.3 Å². The van der Waals surface area contributed by atoms with E-state index in [1.165, 1.54) is 16.6 Å². The van der Waals surface area contributed by atoms with Crippen molar-refractivity contribution in [1.29, 1.82) is 0 Å². The van der Waals surface area contributed by atoms with Gasteiger partial charge >= 0.3 is 0 Å². The second-order valence-electron chi connectivity index (χ2n) is 9.87. The number of aromatic nitrogens is 1. The minimum atomic E-state index is -0.522. The average molecular weight is 498 g/mol. The van der Waals surface area contributed by atoms with E-state index in [1.54, 1.807) is 11.3 Å². The molecule has 3 aliphatic rings. The lowest BCUT2D eigenvalue weighted by Crippen LogP contribution is -2.54. The molecule has 1 aromatic heterocycles. The summed E-state index contributed by atoms with van der Waals surface area (Å²) in [6.07, 6.45) is 4.15. The van der Waals surface area contributed by atoms with E-state index in [9.17, 15) is 14.7 Å². The highest BCUT2D eigenvalue weighted by Gasteiger charge is 2.54. The van der Waals surface area contributed by atoms with Crippen molar-refractivity contribution in [2.24, 2.45) is 23.2 Å². The van der Waals surface area contributed by atoms with Crippen molar-refractivity contribution in [3.63, 3.8) is 0 Å². The van der Waals surface area contributed by atoms with Crippen molar-refractivity contribution in [1.82, 2.24) is 9.88 Å². The summed E-state index contributed by atoms with van der Waals surface area (Å²) in [4.78, 5) is 33.2. The molecule has 1 aromatic rings. The molecular formula is C23H35N3O3S3. The van der Waals surface area contributed by atoms with Crippen LogP contribution in [0.4, 0.5) is 5.13 Å². The molecule has 2 heterocycles. The molecule has 178 valence electrons. The van der Waals surface area contributed by atoms with Crippen molar-refractivity contribution in [3.05, 3.63) is 10.6 Å². The van der Waals surface area contributed by atoms with Crippen molar-refractivity contribution >= 4 is 51.8 Å². The monoisotopic (exact) mass is 497 g/mol. The number of thiazole rings is 1. The molecule has 1 saturated heterocycles. The largest absolute Gasteiger partial charge is 0.392 e. The van der Waals surface area contributed by atoms with Crippen LogP contribution in [0.25, 0.3) is 0 Å². The Morgan fingerprint density at radius 2 is 2.09 bits per heavy atom. The Balaban J connectivity index is 1.52. The van der Waals surface area contributed by atoms with Gasteiger partial charge in [-0.3, -0.25) is 9.59 Å². The lowest BCUT2D eigenvalue weighted by Gasteiger charge is -2.53. The molecule has 0 radical (unpaired) electrons. The van der Waals surface area contributed by atoms with Crippen LogP contribution in [0, 0.1) is 23.2 Å². The Kier molecular flexibility index (Phi) is 7.49. The number of nitrogens with zero attached hydrogens (tertiary/aromatic N) is 2. The number of rotatable bonds is 5. The third-order valence-electron chi connectivity index (χ3n) is 7.80. The molecule has 9 heteroatoms. The van der Waals surface area contributed by atoms with Gasteiger partial charge in [-0.25, -0.2) is 4.98 Å². The van der Waals surface area contributed by atoms with Crippen LogP contribution in [0.1, 0.15) is 50.1 Å². The highest BCUT2D eigenvalue weighted by atomic mass is 32.2. The standard InChI is InChI=1S/C23H35N3O3S3/c1-13(21(29)26-7-9-31-10-8-26)15-5-6-23(3)11-16-19(14(2)18(23)20(15)28)25-22(32-16)24-17(27)12-30-4/h13-15,18,20,28H,5-12H2,1-4H3,(H,24,25,27)/t13-,14-,15?,18+,20-,23-/m0/s1. The average Bonchev–Trinajstić information content (AvgIpc) is 3.15. The third-order valence-corrected chi connectivity index (χ3v) is 10.3. The first-order chi connectivity index (χ1) is 15.2. The van der Waals surface area contributed by atoms with Crippen molar-refractivity contribution in [3.8, 4) is 0 Å². The van der Waals surface area contributed by atoms with E-state index >= 15 is 0 Å². The van der Waals surface area contributed by atoms with Gasteiger partial charge in [0.2, 0.25) is 11.8 Å². The lowest BCUT2D eigenvalue weighted by atomic mass is 9.53. The maximum atomic E-state index is 13.2. The molecule has 6 atom stereocenters. The summed E-state index contributed by atoms with van der Waals surface area (Å²) in [6, 6.07) is 0. The van der Waals surface area contributed by atoms with Gasteiger partial charge in [0.05, 0.1) is 17.6 Å². The Hall–Kier alpha value is -0.770. The number of aliphatic hydroxyl groups excluding tert-OH is 1. The van der Waals surface area contributed by atoms with Gasteiger partial charge in [0.1, 0.15) is 0 Å². The first-order valence-corrected chi connectivity index (χ1v) is 14.9. The summed E-state index contributed by atoms with van der Waals surface area (Å²) in [6.45, 7) is 8.11. The van der Waals surface area contributed by atoms with Crippen LogP contribution < -0.4 is 5.32 Å². The Labute approximate surface area is 203 Å². The van der Waals surface area contributed by atoms with Crippen molar-refractivity contribution in [2.45, 2.75) is 52.1 Å². The van der Waals surface area contributed by atoms with Gasteiger partial charge in [-0.2, -0.15) is 23.5 Å². The number of carbonyl (C=O) groups excluding carboxylic acids is 2. The van der Waals surface area contributed by atoms with Gasteiger partial charge in [-0.1, -0.05) is 20.8 Å². The Morgan fingerprint density at radius 3 is 2.78 bits per heavy atom. The maximum absolute atomic E-state index is 13.2. The Bertz CT molecular complexity index is 857. The molecule has 2 N–H and O–H groups in total. The van der Waals surface area contributed by atoms with Crippen LogP contribution in [0.15, 0.2) is 0 Å². The molecular weight excluding hydrogens is 462 g/mol. The molecule has 2 amide bonds. The quantitative estimate of drug-likeness (QED) is 0.645. The summed E-state index contributed by atoms with van der Waals surface area (Å²) < 4.78 is 0. The van der Waals surface area contributed by atoms with Crippen LogP contribution in [0.2, 0.25) is 0 Å². The second-order valence-corrected chi connectivity index (χ2v) is 13.0. The highest BCUT2D eigenvalue weighted by molar-refractivity contribution is 7.99. The molecule has 0 spiro atoms. The highest BCUT2D eigenvalue weighted by Crippen LogP contribution is 2.57. The summed E-state index contributed by atoms with van der Waals surface area (Å²) in [5, 5.41) is 15.2. The third kappa shape index (κ3) is 4.59. The number of anilines is 1. The summed E-state index contributed by atoms with van der Waals surface area (Å²) in [5.41, 5.74) is 1.00. The van der Waals surface area contributed by atoms with Gasteiger partial charge in [0, 0.05) is 41.3 Å². The molecule has 2 aliphatic carbocycles. The fraction of sp³-hybridized carbons (Fsp3) is 0.783. The van der Waals surface area contributed by atoms with Crippen LogP contribution >= 0.6 is 34.9 Å². The number of hydrogen-bond acceptors (Lipinski definition) is 7. The number of fused-ring (bicyclic) bond motifs is 2. The maximum Gasteiger partial charge on any atom is 0.236 e. The van der Waals surface area contributed by atoms with Gasteiger partial charge in [0.25, 0.3) is 0 Å². The molecule has 2 fully saturated rings. The molecule has 0 bridgehead atoms. The van der Waals surface area contributed by atoms with E-state index in [4.69, 9.17) is 4.98 Å². The number of aliphatic hydroxyl groups is 1. The van der Waals surface area contributed by atoms with E-state index < -0.39 is 6.10 Å². The number of nitrogens with one attached hydrogen (secondary N) is 1. The second kappa shape index (κ2) is 9.84. The molecule has 4 rings (SSSR count). The molecule has 32 heavy (non-hydrogen) atoms. The van der Waals surface area contributed by atoms with E-state index in [1.807, 2.05) is 29.8 Å². The van der Waals surface area contributed by atoms with Crippen LogP contribution in [0.5, 0.6) is 0 Å². The number of carbonyl (C=O) groups is 2. The predicted octanol–water partition coefficient (Wildman–Crippen LogP) is 3.71. The molecule has 1 unspecified atom stereocenters. The SMILES string of the molecule is CSCC(=O)Nc1nc2c(s1)C[C@]1(C)CCC([C@H](C)C(=O)N3CCSCC3)[C@H](O)[C@H]1[C@@H]2C. The fourth-order valence-electron chi connectivity index (χ4n) is 6.14. The first kappa shape index (κ1) is 24.4. The molecule has 6 nitrogen and oxygen atoms in total. The predicted molar refractivity (Wildman–Crippen MR) is 135 cm³/mol. The first-order valence-electron chi connectivity index (χ1n) is 11.6. The summed E-state index contributed by atoms with van der Waals surface area (Å²) in [5.74, 6) is 2.59. The van der Waals surface area contributed by atoms with Crippen LogP contribution in [-0.2, 0) is 16.0 Å². The van der Waals surface area contributed by atoms with Gasteiger partial charge in [-0.15, -0.1) is 11.3 Å². The molecule has 1 aliphatic heterocycles. The normalized spacial score (nSPS) is 33.2.